The average molecular weight is 478 g/mol. The summed E-state index contributed by atoms with van der Waals surface area (Å²) in [7, 11) is 0. The van der Waals surface area contributed by atoms with E-state index in [9.17, 15) is 32.3 Å². The van der Waals surface area contributed by atoms with Gasteiger partial charge in [0.1, 0.15) is 13.1 Å². The molecule has 9 nitrogen and oxygen atoms in total. The van der Waals surface area contributed by atoms with Crippen LogP contribution in [-0.4, -0.2) is 43.0 Å². The molecule has 1 aliphatic rings. The fraction of sp³-hybridized carbons (Fsp3) is 0.273. The number of alkyl halides is 3. The summed E-state index contributed by atoms with van der Waals surface area (Å²) in [6.45, 7) is 0.512. The number of nitrogens with zero attached hydrogens (tertiary/aromatic N) is 1. The van der Waals surface area contributed by atoms with E-state index in [1.807, 2.05) is 30.3 Å². The van der Waals surface area contributed by atoms with Crippen LogP contribution < -0.4 is 20.9 Å². The third-order valence-corrected chi connectivity index (χ3v) is 4.80. The van der Waals surface area contributed by atoms with Gasteiger partial charge in [-0.05, 0) is 30.7 Å². The van der Waals surface area contributed by atoms with Crippen molar-refractivity contribution in [2.45, 2.75) is 25.7 Å². The summed E-state index contributed by atoms with van der Waals surface area (Å²) < 4.78 is 43.9. The van der Waals surface area contributed by atoms with Gasteiger partial charge in [0.15, 0.2) is 6.10 Å². The highest BCUT2D eigenvalue weighted by molar-refractivity contribution is 6.11. The van der Waals surface area contributed by atoms with Gasteiger partial charge in [0.05, 0.1) is 16.9 Å². The molecule has 12 heteroatoms. The molecule has 1 aliphatic heterocycles. The summed E-state index contributed by atoms with van der Waals surface area (Å²) in [6, 6.07) is 11.0. The Kier molecular flexibility index (Phi) is 7.39. The molecule has 0 saturated heterocycles. The van der Waals surface area contributed by atoms with Crippen molar-refractivity contribution in [3.05, 3.63) is 59.7 Å². The van der Waals surface area contributed by atoms with Crippen LogP contribution in [0.4, 0.5) is 29.3 Å². The molecule has 34 heavy (non-hydrogen) atoms. The van der Waals surface area contributed by atoms with Gasteiger partial charge in [-0.15, -0.1) is 0 Å². The molecule has 0 spiro atoms. The highest BCUT2D eigenvalue weighted by atomic mass is 19.4. The highest BCUT2D eigenvalue weighted by Crippen LogP contribution is 2.37. The molecule has 0 aliphatic carbocycles. The van der Waals surface area contributed by atoms with E-state index in [4.69, 9.17) is 4.74 Å². The van der Waals surface area contributed by atoms with E-state index in [2.05, 4.69) is 16.0 Å². The Bertz CT molecular complexity index is 1090. The minimum absolute atomic E-state index is 0.0407. The van der Waals surface area contributed by atoms with Crippen LogP contribution >= 0.6 is 0 Å². The molecule has 1 atom stereocenters. The molecule has 0 fully saturated rings. The third-order valence-electron chi connectivity index (χ3n) is 4.80. The molecule has 3 N–H and O–H groups in total. The van der Waals surface area contributed by atoms with Gasteiger partial charge >= 0.3 is 18.2 Å². The van der Waals surface area contributed by atoms with Crippen LogP contribution in [0.25, 0.3) is 0 Å². The van der Waals surface area contributed by atoms with E-state index in [0.717, 1.165) is 28.7 Å². The lowest BCUT2D eigenvalue weighted by atomic mass is 10.1. The summed E-state index contributed by atoms with van der Waals surface area (Å²) in [4.78, 5) is 49.5. The van der Waals surface area contributed by atoms with Crippen LogP contribution in [-0.2, 0) is 31.8 Å². The first-order valence-corrected chi connectivity index (χ1v) is 10.1. The van der Waals surface area contributed by atoms with Crippen LogP contribution in [0.2, 0.25) is 0 Å². The molecule has 0 saturated carbocycles. The van der Waals surface area contributed by atoms with Crippen molar-refractivity contribution in [1.82, 2.24) is 10.6 Å². The van der Waals surface area contributed by atoms with Crippen LogP contribution in [0.1, 0.15) is 18.1 Å². The Morgan fingerprint density at radius 3 is 2.50 bits per heavy atom. The van der Waals surface area contributed by atoms with Gasteiger partial charge in [-0.25, -0.2) is 4.79 Å². The summed E-state index contributed by atoms with van der Waals surface area (Å²) in [5.41, 5.74) is -0.279. The average Bonchev–Trinajstić information content (AvgIpc) is 2.80. The first-order chi connectivity index (χ1) is 16.0. The SMILES string of the molecule is CC(OC(=O)CNC(=O)NCc1ccccc1)C(=O)N1CC(=O)Nc2cc(C(F)(F)F)ccc21. The first kappa shape index (κ1) is 24.6. The van der Waals surface area contributed by atoms with Gasteiger partial charge in [-0.1, -0.05) is 30.3 Å². The number of rotatable bonds is 6. The van der Waals surface area contributed by atoms with Crippen LogP contribution in [0, 0.1) is 0 Å². The van der Waals surface area contributed by atoms with Crippen molar-refractivity contribution in [1.29, 1.82) is 0 Å². The summed E-state index contributed by atoms with van der Waals surface area (Å²) >= 11 is 0. The maximum atomic E-state index is 13.0. The lowest BCUT2D eigenvalue weighted by molar-refractivity contribution is -0.152. The van der Waals surface area contributed by atoms with E-state index < -0.39 is 54.7 Å². The normalized spacial score (nSPS) is 13.9. The maximum Gasteiger partial charge on any atom is 0.416 e. The Morgan fingerprint density at radius 2 is 1.82 bits per heavy atom. The number of urea groups is 1. The Morgan fingerprint density at radius 1 is 1.12 bits per heavy atom. The van der Waals surface area contributed by atoms with Gasteiger partial charge in [-0.3, -0.25) is 19.3 Å². The number of carbonyl (C=O) groups excluding carboxylic acids is 4. The maximum absolute atomic E-state index is 13.0. The number of benzene rings is 2. The van der Waals surface area contributed by atoms with Crippen LogP contribution in [0.5, 0.6) is 0 Å². The molecule has 2 aromatic rings. The number of carbonyl (C=O) groups is 4. The van der Waals surface area contributed by atoms with Crippen LogP contribution in [0.3, 0.4) is 0 Å². The lowest BCUT2D eigenvalue weighted by Gasteiger charge is -2.31. The molecule has 1 unspecified atom stereocenters. The number of nitrogens with one attached hydrogen (secondary N) is 3. The van der Waals surface area contributed by atoms with E-state index in [-0.39, 0.29) is 17.9 Å². The second-order valence-corrected chi connectivity index (χ2v) is 7.36. The van der Waals surface area contributed by atoms with E-state index in [1.165, 1.54) is 6.92 Å². The highest BCUT2D eigenvalue weighted by Gasteiger charge is 2.35. The predicted octanol–water partition coefficient (Wildman–Crippen LogP) is 2.42. The molecular formula is C22H21F3N4O5. The molecular weight excluding hydrogens is 457 g/mol. The van der Waals surface area contributed by atoms with E-state index in [1.54, 1.807) is 0 Å². The van der Waals surface area contributed by atoms with Crippen molar-refractivity contribution in [2.24, 2.45) is 0 Å². The number of ether oxygens (including phenoxy) is 1. The van der Waals surface area contributed by atoms with E-state index >= 15 is 0 Å². The zero-order chi connectivity index (χ0) is 24.9. The van der Waals surface area contributed by atoms with Crippen LogP contribution in [0.15, 0.2) is 48.5 Å². The molecule has 1 heterocycles. The fourth-order valence-corrected chi connectivity index (χ4v) is 3.16. The predicted molar refractivity (Wildman–Crippen MR) is 115 cm³/mol. The first-order valence-electron chi connectivity index (χ1n) is 10.1. The summed E-state index contributed by atoms with van der Waals surface area (Å²) in [5.74, 6) is -2.42. The number of esters is 1. The van der Waals surface area contributed by atoms with Crippen molar-refractivity contribution in [3.63, 3.8) is 0 Å². The molecule has 4 amide bonds. The Labute approximate surface area is 192 Å². The Hall–Kier alpha value is -4.09. The molecule has 180 valence electrons. The number of anilines is 2. The molecule has 2 aromatic carbocycles. The fourth-order valence-electron chi connectivity index (χ4n) is 3.16. The summed E-state index contributed by atoms with van der Waals surface area (Å²) in [6.07, 6.45) is -5.99. The molecule has 0 aromatic heterocycles. The quantitative estimate of drug-likeness (QED) is 0.552. The van der Waals surface area contributed by atoms with Crippen molar-refractivity contribution in [3.8, 4) is 0 Å². The Balaban J connectivity index is 1.55. The number of hydrogen-bond donors (Lipinski definition) is 3. The van der Waals surface area contributed by atoms with E-state index in [0.29, 0.717) is 0 Å². The second-order valence-electron chi connectivity index (χ2n) is 7.36. The van der Waals surface area contributed by atoms with Crippen molar-refractivity contribution >= 4 is 35.2 Å². The number of hydrogen-bond acceptors (Lipinski definition) is 5. The lowest BCUT2D eigenvalue weighted by Crippen LogP contribution is -2.47. The minimum Gasteiger partial charge on any atom is -0.451 e. The van der Waals surface area contributed by atoms with Gasteiger partial charge in [-0.2, -0.15) is 13.2 Å². The number of fused-ring (bicyclic) bond motifs is 1. The monoisotopic (exact) mass is 478 g/mol. The smallest absolute Gasteiger partial charge is 0.416 e. The van der Waals surface area contributed by atoms with Gasteiger partial charge in [0.2, 0.25) is 5.91 Å². The molecule has 0 bridgehead atoms. The van der Waals surface area contributed by atoms with Gasteiger partial charge < -0.3 is 20.7 Å². The van der Waals surface area contributed by atoms with Gasteiger partial charge in [0.25, 0.3) is 5.91 Å². The molecule has 0 radical (unpaired) electrons. The standard InChI is InChI=1S/C22H21F3N4O5/c1-13(34-19(31)11-27-21(33)26-10-14-5-3-2-4-6-14)20(32)29-12-18(30)28-16-9-15(22(23,24)25)7-8-17(16)29/h2-9,13H,10-12H2,1H3,(H,28,30)(H2,26,27,33). The zero-order valence-electron chi connectivity index (χ0n) is 17.9. The summed E-state index contributed by atoms with van der Waals surface area (Å²) in [5, 5.41) is 7.15. The van der Waals surface area contributed by atoms with Gasteiger partial charge in [0, 0.05) is 6.54 Å². The van der Waals surface area contributed by atoms with Crippen molar-refractivity contribution in [2.75, 3.05) is 23.3 Å². The largest absolute Gasteiger partial charge is 0.451 e. The molecule has 3 rings (SSSR count). The second kappa shape index (κ2) is 10.2. The number of amides is 4. The topological polar surface area (TPSA) is 117 Å². The number of halogens is 3. The van der Waals surface area contributed by atoms with Crippen molar-refractivity contribution < 1.29 is 37.1 Å². The minimum atomic E-state index is -4.63. The zero-order valence-corrected chi connectivity index (χ0v) is 17.9. The third kappa shape index (κ3) is 6.24.